The van der Waals surface area contributed by atoms with Crippen molar-refractivity contribution < 1.29 is 9.90 Å². The molecule has 1 heterocycles. The van der Waals surface area contributed by atoms with E-state index >= 15 is 0 Å². The average Bonchev–Trinajstić information content (AvgIpc) is 2.83. The summed E-state index contributed by atoms with van der Waals surface area (Å²) >= 11 is 0. The smallest absolute Gasteiger partial charge is 0.227 e. The van der Waals surface area contributed by atoms with Crippen LogP contribution >= 0.6 is 0 Å². The first kappa shape index (κ1) is 15.8. The molecule has 3 nitrogen and oxygen atoms in total. The highest BCUT2D eigenvalue weighted by molar-refractivity contribution is 5.84. The average molecular weight is 281 g/mol. The number of aliphatic hydroxyl groups excluding tert-OH is 1. The van der Waals surface area contributed by atoms with Gasteiger partial charge in [0.1, 0.15) is 0 Å². The number of amides is 1. The van der Waals surface area contributed by atoms with E-state index in [9.17, 15) is 9.90 Å². The van der Waals surface area contributed by atoms with E-state index in [2.05, 4.69) is 32.6 Å². The molecular formula is C17H31NO2. The van der Waals surface area contributed by atoms with Gasteiger partial charge in [-0.15, -0.1) is 0 Å². The van der Waals surface area contributed by atoms with E-state index < -0.39 is 0 Å². The Hall–Kier alpha value is -0.570. The van der Waals surface area contributed by atoms with Crippen LogP contribution in [0.1, 0.15) is 66.7 Å². The third-order valence-electron chi connectivity index (χ3n) is 6.04. The summed E-state index contributed by atoms with van der Waals surface area (Å²) in [5, 5.41) is 9.72. The second-order valence-corrected chi connectivity index (χ2v) is 8.00. The summed E-state index contributed by atoms with van der Waals surface area (Å²) in [6, 6.07) is 0.234. The summed E-state index contributed by atoms with van der Waals surface area (Å²) in [5.41, 5.74) is 0.206. The van der Waals surface area contributed by atoms with Gasteiger partial charge in [-0.05, 0) is 37.0 Å². The van der Waals surface area contributed by atoms with Crippen molar-refractivity contribution in [2.24, 2.45) is 16.7 Å². The number of aliphatic hydroxyl groups is 1. The molecule has 1 N–H and O–H groups in total. The fraction of sp³-hybridized carbons (Fsp3) is 0.941. The minimum absolute atomic E-state index is 0.103. The van der Waals surface area contributed by atoms with Crippen LogP contribution in [0.2, 0.25) is 0 Å². The van der Waals surface area contributed by atoms with Crippen molar-refractivity contribution in [1.29, 1.82) is 0 Å². The van der Waals surface area contributed by atoms with Crippen LogP contribution in [0.25, 0.3) is 0 Å². The van der Waals surface area contributed by atoms with Crippen molar-refractivity contribution in [3.05, 3.63) is 0 Å². The standard InChI is InChI=1S/C17H31NO2/c1-12(19)11-13-9-7-6-8-10-18(13)15(20)14-16(2,3)17(14,4)5/h12-14,19H,6-11H2,1-5H3. The van der Waals surface area contributed by atoms with Gasteiger partial charge in [0.2, 0.25) is 5.91 Å². The lowest BCUT2D eigenvalue weighted by molar-refractivity contribution is -0.136. The van der Waals surface area contributed by atoms with E-state index in [4.69, 9.17) is 0 Å². The van der Waals surface area contributed by atoms with E-state index in [0.29, 0.717) is 5.91 Å². The van der Waals surface area contributed by atoms with Gasteiger partial charge in [-0.2, -0.15) is 0 Å². The van der Waals surface area contributed by atoms with Gasteiger partial charge < -0.3 is 10.0 Å². The maximum atomic E-state index is 13.0. The Bertz CT molecular complexity index is 359. The monoisotopic (exact) mass is 281 g/mol. The molecule has 1 saturated heterocycles. The molecule has 2 unspecified atom stereocenters. The predicted octanol–water partition coefficient (Wildman–Crippen LogP) is 3.21. The second kappa shape index (κ2) is 5.32. The highest BCUT2D eigenvalue weighted by Crippen LogP contribution is 2.69. The third-order valence-corrected chi connectivity index (χ3v) is 6.04. The van der Waals surface area contributed by atoms with Gasteiger partial charge >= 0.3 is 0 Å². The summed E-state index contributed by atoms with van der Waals surface area (Å²) in [5.74, 6) is 0.470. The van der Waals surface area contributed by atoms with Crippen molar-refractivity contribution in [2.75, 3.05) is 6.54 Å². The van der Waals surface area contributed by atoms with Crippen LogP contribution in [0.4, 0.5) is 0 Å². The molecule has 0 bridgehead atoms. The predicted molar refractivity (Wildman–Crippen MR) is 81.3 cm³/mol. The molecule has 2 fully saturated rings. The molecule has 0 radical (unpaired) electrons. The molecule has 1 amide bonds. The fourth-order valence-corrected chi connectivity index (χ4v) is 4.09. The van der Waals surface area contributed by atoms with Crippen LogP contribution in [-0.2, 0) is 4.79 Å². The summed E-state index contributed by atoms with van der Waals surface area (Å²) in [6.07, 6.45) is 4.93. The number of carbonyl (C=O) groups is 1. The van der Waals surface area contributed by atoms with Gasteiger partial charge in [0.15, 0.2) is 0 Å². The molecule has 116 valence electrons. The lowest BCUT2D eigenvalue weighted by Crippen LogP contribution is -2.43. The van der Waals surface area contributed by atoms with Crippen molar-refractivity contribution >= 4 is 5.91 Å². The van der Waals surface area contributed by atoms with Crippen molar-refractivity contribution in [3.63, 3.8) is 0 Å². The summed E-state index contributed by atoms with van der Waals surface area (Å²) in [6.45, 7) is 11.5. The Morgan fingerprint density at radius 2 is 1.80 bits per heavy atom. The minimum atomic E-state index is -0.325. The SMILES string of the molecule is CC(O)CC1CCCCCN1C(=O)C1C(C)(C)C1(C)C. The first-order valence-electron chi connectivity index (χ1n) is 8.18. The van der Waals surface area contributed by atoms with Gasteiger partial charge in [0.25, 0.3) is 0 Å². The lowest BCUT2D eigenvalue weighted by Gasteiger charge is -2.32. The van der Waals surface area contributed by atoms with E-state index in [1.54, 1.807) is 0 Å². The van der Waals surface area contributed by atoms with Crippen LogP contribution in [-0.4, -0.2) is 34.6 Å². The van der Waals surface area contributed by atoms with Crippen molar-refractivity contribution in [3.8, 4) is 0 Å². The second-order valence-electron chi connectivity index (χ2n) is 8.00. The topological polar surface area (TPSA) is 40.5 Å². The molecule has 1 aliphatic heterocycles. The molecule has 1 aliphatic carbocycles. The fourth-order valence-electron chi connectivity index (χ4n) is 4.09. The van der Waals surface area contributed by atoms with Crippen LogP contribution in [0.15, 0.2) is 0 Å². The maximum Gasteiger partial charge on any atom is 0.227 e. The van der Waals surface area contributed by atoms with Gasteiger partial charge in [0.05, 0.1) is 6.10 Å². The first-order valence-corrected chi connectivity index (χ1v) is 8.18. The normalized spacial score (nSPS) is 30.7. The van der Waals surface area contributed by atoms with Crippen molar-refractivity contribution in [1.82, 2.24) is 4.90 Å². The van der Waals surface area contributed by atoms with Crippen LogP contribution in [0.5, 0.6) is 0 Å². The van der Waals surface area contributed by atoms with Crippen LogP contribution < -0.4 is 0 Å². The zero-order chi connectivity index (χ0) is 15.1. The molecular weight excluding hydrogens is 250 g/mol. The highest BCUT2D eigenvalue weighted by Gasteiger charge is 2.69. The molecule has 2 aliphatic rings. The summed E-state index contributed by atoms with van der Waals surface area (Å²) < 4.78 is 0. The Labute approximate surface area is 123 Å². The van der Waals surface area contributed by atoms with Crippen LogP contribution in [0, 0.1) is 16.7 Å². The van der Waals surface area contributed by atoms with Crippen molar-refractivity contribution in [2.45, 2.75) is 78.9 Å². The molecule has 0 spiro atoms. The minimum Gasteiger partial charge on any atom is -0.393 e. The number of rotatable bonds is 3. The summed E-state index contributed by atoms with van der Waals surface area (Å²) in [7, 11) is 0. The molecule has 0 aromatic carbocycles. The Morgan fingerprint density at radius 1 is 1.20 bits per heavy atom. The van der Waals surface area contributed by atoms with E-state index in [0.717, 1.165) is 25.8 Å². The third kappa shape index (κ3) is 2.61. The largest absolute Gasteiger partial charge is 0.393 e. The molecule has 2 atom stereocenters. The molecule has 20 heavy (non-hydrogen) atoms. The zero-order valence-electron chi connectivity index (χ0n) is 13.8. The maximum absolute atomic E-state index is 13.0. The zero-order valence-corrected chi connectivity index (χ0v) is 13.8. The number of nitrogens with zero attached hydrogens (tertiary/aromatic N) is 1. The molecule has 2 rings (SSSR count). The Kier molecular flexibility index (Phi) is 4.21. The van der Waals surface area contributed by atoms with Crippen LogP contribution in [0.3, 0.4) is 0 Å². The number of likely N-dealkylation sites (tertiary alicyclic amines) is 1. The van der Waals surface area contributed by atoms with Gasteiger partial charge in [0, 0.05) is 18.5 Å². The van der Waals surface area contributed by atoms with E-state index in [1.165, 1.54) is 12.8 Å². The van der Waals surface area contributed by atoms with Gasteiger partial charge in [-0.25, -0.2) is 0 Å². The number of hydrogen-bond acceptors (Lipinski definition) is 2. The molecule has 0 aromatic rings. The Morgan fingerprint density at radius 3 is 2.30 bits per heavy atom. The number of hydrogen-bond donors (Lipinski definition) is 1. The first-order chi connectivity index (χ1) is 9.19. The molecule has 3 heteroatoms. The van der Waals surface area contributed by atoms with Gasteiger partial charge in [-0.1, -0.05) is 40.5 Å². The molecule has 1 saturated carbocycles. The van der Waals surface area contributed by atoms with E-state index in [1.807, 2.05) is 6.92 Å². The lowest BCUT2D eigenvalue weighted by atomic mass is 10.0. The summed E-state index contributed by atoms with van der Waals surface area (Å²) in [4.78, 5) is 15.1. The number of carbonyl (C=O) groups excluding carboxylic acids is 1. The molecule has 0 aromatic heterocycles. The van der Waals surface area contributed by atoms with Gasteiger partial charge in [-0.3, -0.25) is 4.79 Å². The quantitative estimate of drug-likeness (QED) is 0.863. The Balaban J connectivity index is 2.13. The highest BCUT2D eigenvalue weighted by atomic mass is 16.3. The van der Waals surface area contributed by atoms with E-state index in [-0.39, 0.29) is 28.9 Å².